The van der Waals surface area contributed by atoms with Crippen LogP contribution in [-0.2, 0) is 0 Å². The summed E-state index contributed by atoms with van der Waals surface area (Å²) in [6, 6.07) is 8.21. The number of nitrogens with zero attached hydrogens (tertiary/aromatic N) is 5. The first-order chi connectivity index (χ1) is 8.08. The standard InChI is InChI=1S/C7H6N6O4/c14-12(15)10-7(11-13(16)17)9-8-6-4-2-1-3-5-6/h1-5H,(H,10,11). The second-order valence-electron chi connectivity index (χ2n) is 2.57. The van der Waals surface area contributed by atoms with Crippen molar-refractivity contribution in [3.8, 4) is 0 Å². The maximum atomic E-state index is 10.1. The van der Waals surface area contributed by atoms with Crippen molar-refractivity contribution in [1.29, 1.82) is 0 Å². The zero-order valence-electron chi connectivity index (χ0n) is 8.26. The first kappa shape index (κ1) is 12.2. The highest BCUT2D eigenvalue weighted by Gasteiger charge is 2.09. The van der Waals surface area contributed by atoms with E-state index in [0.717, 1.165) is 0 Å². The van der Waals surface area contributed by atoms with E-state index in [1.54, 1.807) is 30.3 Å². The molecule has 0 amide bonds. The number of hydrazone groups is 1. The van der Waals surface area contributed by atoms with Gasteiger partial charge in [-0.05, 0) is 12.1 Å². The van der Waals surface area contributed by atoms with Gasteiger partial charge in [0.25, 0.3) is 0 Å². The lowest BCUT2D eigenvalue weighted by atomic mass is 10.3. The number of hydrogen-bond acceptors (Lipinski definition) is 5. The van der Waals surface area contributed by atoms with Crippen LogP contribution in [0.4, 0.5) is 5.69 Å². The van der Waals surface area contributed by atoms with E-state index in [-0.39, 0.29) is 0 Å². The summed E-state index contributed by atoms with van der Waals surface area (Å²) in [5.74, 6) is -0.816. The van der Waals surface area contributed by atoms with Crippen LogP contribution in [0.5, 0.6) is 0 Å². The predicted molar refractivity (Wildman–Crippen MR) is 55.5 cm³/mol. The third kappa shape index (κ3) is 4.92. The van der Waals surface area contributed by atoms with Gasteiger partial charge in [0.05, 0.1) is 5.69 Å². The van der Waals surface area contributed by atoms with Gasteiger partial charge in [0, 0.05) is 0 Å². The summed E-state index contributed by atoms with van der Waals surface area (Å²) >= 11 is 0. The van der Waals surface area contributed by atoms with Crippen LogP contribution in [0.25, 0.3) is 0 Å². The molecule has 1 aromatic carbocycles. The Morgan fingerprint density at radius 3 is 2.35 bits per heavy atom. The van der Waals surface area contributed by atoms with E-state index < -0.39 is 16.0 Å². The van der Waals surface area contributed by atoms with Crippen LogP contribution in [0.2, 0.25) is 0 Å². The molecule has 0 aromatic heterocycles. The normalized spacial score (nSPS) is 11.4. The number of guanidine groups is 1. The van der Waals surface area contributed by atoms with Crippen LogP contribution in [0.3, 0.4) is 0 Å². The molecule has 0 fully saturated rings. The van der Waals surface area contributed by atoms with E-state index in [1.807, 2.05) is 0 Å². The molecule has 10 nitrogen and oxygen atoms in total. The van der Waals surface area contributed by atoms with E-state index in [4.69, 9.17) is 0 Å². The maximum Gasteiger partial charge on any atom is 0.373 e. The van der Waals surface area contributed by atoms with Gasteiger partial charge in [-0.2, -0.15) is 0 Å². The molecular weight excluding hydrogens is 232 g/mol. The third-order valence-corrected chi connectivity index (χ3v) is 1.38. The topological polar surface area (TPSA) is 135 Å². The summed E-state index contributed by atoms with van der Waals surface area (Å²) < 4.78 is 0. The Morgan fingerprint density at radius 2 is 1.82 bits per heavy atom. The van der Waals surface area contributed by atoms with Crippen molar-refractivity contribution in [2.45, 2.75) is 0 Å². The zero-order valence-corrected chi connectivity index (χ0v) is 8.26. The number of nitro groups is 2. The zero-order chi connectivity index (χ0) is 12.7. The average molecular weight is 238 g/mol. The summed E-state index contributed by atoms with van der Waals surface area (Å²) in [6.07, 6.45) is 0. The molecule has 1 rings (SSSR count). The van der Waals surface area contributed by atoms with Gasteiger partial charge in [-0.1, -0.05) is 23.6 Å². The molecule has 0 saturated heterocycles. The van der Waals surface area contributed by atoms with Crippen molar-refractivity contribution in [2.75, 3.05) is 0 Å². The highest BCUT2D eigenvalue weighted by Crippen LogP contribution is 2.09. The van der Waals surface area contributed by atoms with Crippen molar-refractivity contribution < 1.29 is 10.1 Å². The Labute approximate surface area is 93.9 Å². The molecule has 0 saturated carbocycles. The van der Waals surface area contributed by atoms with Crippen LogP contribution in [0.1, 0.15) is 0 Å². The largest absolute Gasteiger partial charge is 0.373 e. The minimum atomic E-state index is -1.12. The number of hydrogen-bond donors (Lipinski definition) is 1. The summed E-state index contributed by atoms with van der Waals surface area (Å²) in [5.41, 5.74) is 1.83. The van der Waals surface area contributed by atoms with Gasteiger partial charge in [-0.3, -0.25) is 0 Å². The molecule has 10 heteroatoms. The highest BCUT2D eigenvalue weighted by molar-refractivity contribution is 5.78. The fraction of sp³-hybridized carbons (Fsp3) is 0. The molecule has 1 N–H and O–H groups in total. The third-order valence-electron chi connectivity index (χ3n) is 1.38. The van der Waals surface area contributed by atoms with Crippen LogP contribution in [0.15, 0.2) is 45.7 Å². The fourth-order valence-electron chi connectivity index (χ4n) is 0.823. The quantitative estimate of drug-likeness (QED) is 0.276. The number of hydrazine groups is 1. The number of benzene rings is 1. The van der Waals surface area contributed by atoms with Crippen LogP contribution in [0, 0.1) is 20.2 Å². The molecule has 0 unspecified atom stereocenters. The molecule has 0 aliphatic heterocycles. The van der Waals surface area contributed by atoms with E-state index >= 15 is 0 Å². The Hall–Kier alpha value is -2.91. The molecule has 0 heterocycles. The van der Waals surface area contributed by atoms with Gasteiger partial charge < -0.3 is 0 Å². The second kappa shape index (κ2) is 5.85. The smallest absolute Gasteiger partial charge is 0.234 e. The second-order valence-corrected chi connectivity index (χ2v) is 2.57. The molecule has 17 heavy (non-hydrogen) atoms. The molecule has 0 radical (unpaired) electrons. The van der Waals surface area contributed by atoms with Gasteiger partial charge in [0.15, 0.2) is 10.1 Å². The average Bonchev–Trinajstić information content (AvgIpc) is 2.26. The minimum Gasteiger partial charge on any atom is -0.234 e. The van der Waals surface area contributed by atoms with Crippen LogP contribution in [-0.4, -0.2) is 16.0 Å². The van der Waals surface area contributed by atoms with Crippen molar-refractivity contribution in [2.24, 2.45) is 15.3 Å². The van der Waals surface area contributed by atoms with Gasteiger partial charge in [-0.15, -0.1) is 10.2 Å². The van der Waals surface area contributed by atoms with Crippen molar-refractivity contribution >= 4 is 11.6 Å². The van der Waals surface area contributed by atoms with E-state index in [2.05, 4.69) is 15.3 Å². The fourth-order valence-corrected chi connectivity index (χ4v) is 0.823. The monoisotopic (exact) mass is 238 g/mol. The molecule has 0 aliphatic carbocycles. The Kier molecular flexibility index (Phi) is 4.18. The predicted octanol–water partition coefficient (Wildman–Crippen LogP) is 1.10. The van der Waals surface area contributed by atoms with Crippen molar-refractivity contribution in [3.05, 3.63) is 50.6 Å². The van der Waals surface area contributed by atoms with Gasteiger partial charge in [-0.25, -0.2) is 20.2 Å². The van der Waals surface area contributed by atoms with Crippen molar-refractivity contribution in [3.63, 3.8) is 0 Å². The summed E-state index contributed by atoms with van der Waals surface area (Å²) in [4.78, 5) is 20.1. The lowest BCUT2D eigenvalue weighted by Gasteiger charge is -1.91. The van der Waals surface area contributed by atoms with E-state index in [9.17, 15) is 20.2 Å². The lowest BCUT2D eigenvalue weighted by molar-refractivity contribution is -0.530. The lowest BCUT2D eigenvalue weighted by Crippen LogP contribution is -2.28. The molecule has 0 atom stereocenters. The van der Waals surface area contributed by atoms with E-state index in [0.29, 0.717) is 5.69 Å². The van der Waals surface area contributed by atoms with Gasteiger partial charge in [0.2, 0.25) is 0 Å². The SMILES string of the molecule is O=[N+]([O-])N=C(N=Nc1ccccc1)N[N+](=O)[O-]. The molecular formula is C7H6N6O4. The summed E-state index contributed by atoms with van der Waals surface area (Å²) in [7, 11) is 0. The van der Waals surface area contributed by atoms with Gasteiger partial charge >= 0.3 is 5.96 Å². The summed E-state index contributed by atoms with van der Waals surface area (Å²) in [5, 5.41) is 27.5. The van der Waals surface area contributed by atoms with E-state index in [1.165, 1.54) is 5.43 Å². The maximum absolute atomic E-state index is 10.1. The number of azo groups is 1. The Morgan fingerprint density at radius 1 is 1.18 bits per heavy atom. The molecule has 1 aromatic rings. The number of rotatable bonds is 3. The Balaban J connectivity index is 2.83. The first-order valence-electron chi connectivity index (χ1n) is 4.19. The van der Waals surface area contributed by atoms with Crippen LogP contribution >= 0.6 is 0 Å². The molecule has 88 valence electrons. The van der Waals surface area contributed by atoms with Gasteiger partial charge in [0.1, 0.15) is 5.10 Å². The molecule has 0 bridgehead atoms. The van der Waals surface area contributed by atoms with Crippen LogP contribution < -0.4 is 5.43 Å². The highest BCUT2D eigenvalue weighted by atomic mass is 16.7. The van der Waals surface area contributed by atoms with Crippen molar-refractivity contribution in [1.82, 2.24) is 5.43 Å². The summed E-state index contributed by atoms with van der Waals surface area (Å²) in [6.45, 7) is 0. The number of nitrogens with one attached hydrogen (secondary N) is 1. The Bertz CT molecular complexity index is 471. The molecule has 0 spiro atoms. The molecule has 0 aliphatic rings. The minimum absolute atomic E-state index is 0.383. The first-order valence-corrected chi connectivity index (χ1v) is 4.19.